The monoisotopic (exact) mass is 418 g/mol. The SMILES string of the molecule is COc1cc(OC)c2[nH]c(C(=O)Nc3ccc(-c4cn5ccsc5n4)cc3)cc2c1. The molecule has 0 fully saturated rings. The quantitative estimate of drug-likeness (QED) is 0.429. The molecule has 0 bridgehead atoms. The Morgan fingerprint density at radius 1 is 1.13 bits per heavy atom. The molecule has 0 radical (unpaired) electrons. The second-order valence-electron chi connectivity index (χ2n) is 6.73. The second kappa shape index (κ2) is 7.23. The minimum Gasteiger partial charge on any atom is -0.497 e. The number of methoxy groups -OCH3 is 2. The summed E-state index contributed by atoms with van der Waals surface area (Å²) in [6.45, 7) is 0. The number of anilines is 1. The zero-order valence-corrected chi connectivity index (χ0v) is 17.1. The fraction of sp³-hybridized carbons (Fsp3) is 0.0909. The van der Waals surface area contributed by atoms with E-state index in [1.54, 1.807) is 37.7 Å². The molecule has 0 unspecified atom stereocenters. The summed E-state index contributed by atoms with van der Waals surface area (Å²) in [6.07, 6.45) is 3.97. The van der Waals surface area contributed by atoms with Crippen LogP contribution in [0, 0.1) is 0 Å². The summed E-state index contributed by atoms with van der Waals surface area (Å²) in [5, 5.41) is 5.76. The van der Waals surface area contributed by atoms with Crippen LogP contribution in [0.15, 0.2) is 60.2 Å². The van der Waals surface area contributed by atoms with Crippen molar-refractivity contribution in [2.75, 3.05) is 19.5 Å². The van der Waals surface area contributed by atoms with E-state index in [4.69, 9.17) is 9.47 Å². The van der Waals surface area contributed by atoms with Gasteiger partial charge in [-0.3, -0.25) is 9.20 Å². The standard InChI is InChI=1S/C22H18N4O3S/c1-28-16-9-14-10-17(24-20(14)19(11-16)29-2)21(27)23-15-5-3-13(4-6-15)18-12-26-7-8-30-22(26)25-18/h3-12,24H,1-2H3,(H,23,27). The predicted octanol–water partition coefficient (Wildman–Crippen LogP) is 4.81. The number of rotatable bonds is 5. The number of ether oxygens (including phenoxy) is 2. The van der Waals surface area contributed by atoms with E-state index in [0.717, 1.165) is 27.1 Å². The molecule has 5 aromatic rings. The molecule has 3 heterocycles. The highest BCUT2D eigenvalue weighted by Gasteiger charge is 2.14. The van der Waals surface area contributed by atoms with E-state index in [-0.39, 0.29) is 5.91 Å². The van der Waals surface area contributed by atoms with E-state index in [1.807, 2.05) is 52.5 Å². The molecule has 5 rings (SSSR count). The van der Waals surface area contributed by atoms with Crippen LogP contribution < -0.4 is 14.8 Å². The van der Waals surface area contributed by atoms with Gasteiger partial charge in [-0.05, 0) is 24.3 Å². The van der Waals surface area contributed by atoms with Gasteiger partial charge in [0.1, 0.15) is 17.2 Å². The summed E-state index contributed by atoms with van der Waals surface area (Å²) in [6, 6.07) is 13.0. The lowest BCUT2D eigenvalue weighted by Crippen LogP contribution is -2.12. The average molecular weight is 418 g/mol. The number of hydrogen-bond donors (Lipinski definition) is 2. The number of amides is 1. The van der Waals surface area contributed by atoms with Gasteiger partial charge in [-0.2, -0.15) is 0 Å². The Morgan fingerprint density at radius 2 is 1.97 bits per heavy atom. The third kappa shape index (κ3) is 3.17. The maximum atomic E-state index is 12.7. The number of thiazole rings is 1. The van der Waals surface area contributed by atoms with Gasteiger partial charge >= 0.3 is 0 Å². The Labute approximate surface area is 175 Å². The molecule has 2 aromatic carbocycles. The second-order valence-corrected chi connectivity index (χ2v) is 7.60. The summed E-state index contributed by atoms with van der Waals surface area (Å²) in [4.78, 5) is 21.4. The van der Waals surface area contributed by atoms with Crippen LogP contribution in [-0.2, 0) is 0 Å². The van der Waals surface area contributed by atoms with Crippen LogP contribution in [-0.4, -0.2) is 34.5 Å². The molecule has 0 aliphatic heterocycles. The van der Waals surface area contributed by atoms with Gasteiger partial charge in [-0.1, -0.05) is 12.1 Å². The Hall–Kier alpha value is -3.78. The van der Waals surface area contributed by atoms with Crippen LogP contribution in [0.3, 0.4) is 0 Å². The first kappa shape index (κ1) is 18.3. The number of imidazole rings is 1. The Bertz CT molecular complexity index is 1340. The van der Waals surface area contributed by atoms with Crippen LogP contribution in [0.1, 0.15) is 10.5 Å². The van der Waals surface area contributed by atoms with Crippen LogP contribution >= 0.6 is 11.3 Å². The fourth-order valence-corrected chi connectivity index (χ4v) is 4.08. The number of H-pyrrole nitrogens is 1. The minimum absolute atomic E-state index is 0.234. The molecule has 30 heavy (non-hydrogen) atoms. The molecule has 7 nitrogen and oxygen atoms in total. The van der Waals surface area contributed by atoms with E-state index in [2.05, 4.69) is 15.3 Å². The van der Waals surface area contributed by atoms with E-state index >= 15 is 0 Å². The van der Waals surface area contributed by atoms with E-state index in [1.165, 1.54) is 0 Å². The van der Waals surface area contributed by atoms with Crippen LogP contribution in [0.5, 0.6) is 11.5 Å². The maximum Gasteiger partial charge on any atom is 0.272 e. The van der Waals surface area contributed by atoms with Crippen molar-refractivity contribution in [2.24, 2.45) is 0 Å². The molecule has 0 aliphatic carbocycles. The molecular weight excluding hydrogens is 400 g/mol. The van der Waals surface area contributed by atoms with Gasteiger partial charge in [0.15, 0.2) is 4.96 Å². The van der Waals surface area contributed by atoms with Crippen molar-refractivity contribution < 1.29 is 14.3 Å². The van der Waals surface area contributed by atoms with Gasteiger partial charge in [0.2, 0.25) is 0 Å². The lowest BCUT2D eigenvalue weighted by molar-refractivity contribution is 0.102. The summed E-state index contributed by atoms with van der Waals surface area (Å²) in [5.74, 6) is 1.05. The number of nitrogens with zero attached hydrogens (tertiary/aromatic N) is 2. The lowest BCUT2D eigenvalue weighted by atomic mass is 10.1. The maximum absolute atomic E-state index is 12.7. The Kier molecular flexibility index (Phi) is 4.40. The molecule has 8 heteroatoms. The highest BCUT2D eigenvalue weighted by atomic mass is 32.1. The first-order valence-electron chi connectivity index (χ1n) is 9.23. The highest BCUT2D eigenvalue weighted by molar-refractivity contribution is 7.15. The van der Waals surface area contributed by atoms with Crippen LogP contribution in [0.2, 0.25) is 0 Å². The fourth-order valence-electron chi connectivity index (χ4n) is 3.38. The zero-order valence-electron chi connectivity index (χ0n) is 16.3. The van der Waals surface area contributed by atoms with Gasteiger partial charge in [-0.15, -0.1) is 11.3 Å². The summed E-state index contributed by atoms with van der Waals surface area (Å²) >= 11 is 1.59. The summed E-state index contributed by atoms with van der Waals surface area (Å²) in [5.41, 5.74) is 3.78. The average Bonchev–Trinajstić information content (AvgIpc) is 3.47. The van der Waals surface area contributed by atoms with Crippen LogP contribution in [0.25, 0.3) is 27.1 Å². The normalized spacial score (nSPS) is 11.1. The number of carbonyl (C=O) groups excluding carboxylic acids is 1. The van der Waals surface area contributed by atoms with Crippen molar-refractivity contribution in [2.45, 2.75) is 0 Å². The van der Waals surface area contributed by atoms with Crippen LogP contribution in [0.4, 0.5) is 5.69 Å². The van der Waals surface area contributed by atoms with Crippen molar-refractivity contribution in [3.05, 3.63) is 65.9 Å². The number of benzene rings is 2. The van der Waals surface area contributed by atoms with Gasteiger partial charge in [-0.25, -0.2) is 4.98 Å². The van der Waals surface area contributed by atoms with E-state index in [0.29, 0.717) is 22.9 Å². The number of aromatic nitrogens is 3. The number of hydrogen-bond acceptors (Lipinski definition) is 5. The zero-order chi connectivity index (χ0) is 20.7. The molecule has 0 atom stereocenters. The number of fused-ring (bicyclic) bond motifs is 2. The van der Waals surface area contributed by atoms with Gasteiger partial charge < -0.3 is 19.8 Å². The van der Waals surface area contributed by atoms with E-state index < -0.39 is 0 Å². The lowest BCUT2D eigenvalue weighted by Gasteiger charge is -2.05. The summed E-state index contributed by atoms with van der Waals surface area (Å²) in [7, 11) is 3.18. The molecule has 2 N–H and O–H groups in total. The predicted molar refractivity (Wildman–Crippen MR) is 118 cm³/mol. The third-order valence-corrected chi connectivity index (χ3v) is 5.67. The molecule has 0 spiro atoms. The van der Waals surface area contributed by atoms with Crippen molar-refractivity contribution in [3.63, 3.8) is 0 Å². The Morgan fingerprint density at radius 3 is 2.70 bits per heavy atom. The Balaban J connectivity index is 1.37. The molecule has 0 saturated heterocycles. The van der Waals surface area contributed by atoms with Gasteiger partial charge in [0, 0.05) is 40.5 Å². The highest BCUT2D eigenvalue weighted by Crippen LogP contribution is 2.31. The molecule has 0 aliphatic rings. The third-order valence-electron chi connectivity index (χ3n) is 4.90. The number of nitrogens with one attached hydrogen (secondary N) is 2. The smallest absolute Gasteiger partial charge is 0.272 e. The van der Waals surface area contributed by atoms with Crippen molar-refractivity contribution in [3.8, 4) is 22.8 Å². The molecule has 3 aromatic heterocycles. The molecule has 150 valence electrons. The van der Waals surface area contributed by atoms with Gasteiger partial charge in [0.05, 0.1) is 25.4 Å². The van der Waals surface area contributed by atoms with E-state index in [9.17, 15) is 4.79 Å². The first-order chi connectivity index (χ1) is 14.6. The number of carbonyl (C=O) groups is 1. The largest absolute Gasteiger partial charge is 0.497 e. The van der Waals surface area contributed by atoms with Gasteiger partial charge in [0.25, 0.3) is 5.91 Å². The molecular formula is C22H18N4O3S. The number of aromatic amines is 1. The van der Waals surface area contributed by atoms with Crippen molar-refractivity contribution in [1.29, 1.82) is 0 Å². The molecule has 0 saturated carbocycles. The minimum atomic E-state index is -0.234. The summed E-state index contributed by atoms with van der Waals surface area (Å²) < 4.78 is 12.7. The van der Waals surface area contributed by atoms with Crippen molar-refractivity contribution in [1.82, 2.24) is 14.4 Å². The topological polar surface area (TPSA) is 80.7 Å². The molecule has 1 amide bonds. The first-order valence-corrected chi connectivity index (χ1v) is 10.1. The van der Waals surface area contributed by atoms with Crippen molar-refractivity contribution >= 4 is 38.8 Å².